The molecule has 0 aromatic carbocycles. The molecule has 0 aromatic rings. The monoisotopic (exact) mass is 427 g/mol. The van der Waals surface area contributed by atoms with E-state index in [0.717, 1.165) is 70.8 Å². The number of unbranched alkanes of at least 4 members (excludes halogenated alkanes) is 1. The highest BCUT2D eigenvalue weighted by molar-refractivity contribution is 14.0. The molecule has 132 valence electrons. The zero-order chi connectivity index (χ0) is 15.2. The molecule has 0 amide bonds. The van der Waals surface area contributed by atoms with Gasteiger partial charge in [0.25, 0.3) is 0 Å². The van der Waals surface area contributed by atoms with E-state index in [9.17, 15) is 0 Å². The van der Waals surface area contributed by atoms with Gasteiger partial charge in [0.1, 0.15) is 0 Å². The largest absolute Gasteiger partial charge is 0.381 e. The first-order valence-corrected chi connectivity index (χ1v) is 8.54. The number of hydrogen-bond acceptors (Lipinski definition) is 3. The Balaban J connectivity index is 0.00000441. The van der Waals surface area contributed by atoms with Gasteiger partial charge in [0, 0.05) is 39.5 Å². The molecule has 1 aliphatic rings. The third kappa shape index (κ3) is 13.6. The number of aliphatic imine (C=N–C) groups is 1. The summed E-state index contributed by atoms with van der Waals surface area (Å²) in [6.07, 6.45) is 6.00. The molecule has 5 nitrogen and oxygen atoms in total. The summed E-state index contributed by atoms with van der Waals surface area (Å²) < 4.78 is 11.1. The summed E-state index contributed by atoms with van der Waals surface area (Å²) in [5.74, 6) is 1.71. The topological polar surface area (TPSA) is 54.9 Å². The van der Waals surface area contributed by atoms with Crippen LogP contribution in [0.25, 0.3) is 0 Å². The minimum absolute atomic E-state index is 0. The first-order chi connectivity index (χ1) is 10.4. The highest BCUT2D eigenvalue weighted by Gasteiger charge is 2.20. The summed E-state index contributed by atoms with van der Waals surface area (Å²) in [7, 11) is 0. The summed E-state index contributed by atoms with van der Waals surface area (Å²) in [4.78, 5) is 4.54. The Hall–Kier alpha value is -0.0800. The van der Waals surface area contributed by atoms with Gasteiger partial charge in [-0.25, -0.2) is 0 Å². The van der Waals surface area contributed by atoms with Crippen LogP contribution < -0.4 is 10.6 Å². The molecule has 6 heteroatoms. The van der Waals surface area contributed by atoms with Gasteiger partial charge in [-0.3, -0.25) is 4.99 Å². The molecule has 0 aliphatic heterocycles. The van der Waals surface area contributed by atoms with E-state index in [-0.39, 0.29) is 24.0 Å². The Morgan fingerprint density at radius 3 is 2.50 bits per heavy atom. The maximum absolute atomic E-state index is 5.60. The lowest BCUT2D eigenvalue weighted by Crippen LogP contribution is -2.39. The van der Waals surface area contributed by atoms with Crippen LogP contribution in [0, 0.1) is 5.92 Å². The van der Waals surface area contributed by atoms with Crippen molar-refractivity contribution in [2.75, 3.05) is 46.1 Å². The van der Waals surface area contributed by atoms with Gasteiger partial charge in [-0.1, -0.05) is 13.3 Å². The number of hydrogen-bond donors (Lipinski definition) is 2. The highest BCUT2D eigenvalue weighted by atomic mass is 127. The smallest absolute Gasteiger partial charge is 0.191 e. The van der Waals surface area contributed by atoms with Crippen molar-refractivity contribution in [1.82, 2.24) is 10.6 Å². The third-order valence-electron chi connectivity index (χ3n) is 3.29. The fourth-order valence-electron chi connectivity index (χ4n) is 1.82. The lowest BCUT2D eigenvalue weighted by molar-refractivity contribution is 0.128. The van der Waals surface area contributed by atoms with E-state index in [1.54, 1.807) is 0 Å². The average Bonchev–Trinajstić information content (AvgIpc) is 3.30. The van der Waals surface area contributed by atoms with Crippen molar-refractivity contribution in [2.45, 2.75) is 46.0 Å². The predicted octanol–water partition coefficient (Wildman–Crippen LogP) is 2.79. The van der Waals surface area contributed by atoms with E-state index in [4.69, 9.17) is 9.47 Å². The van der Waals surface area contributed by atoms with Crippen molar-refractivity contribution < 1.29 is 9.47 Å². The van der Waals surface area contributed by atoms with Gasteiger partial charge in [-0.05, 0) is 38.5 Å². The van der Waals surface area contributed by atoms with Crippen molar-refractivity contribution in [3.63, 3.8) is 0 Å². The highest BCUT2D eigenvalue weighted by Crippen LogP contribution is 2.28. The third-order valence-corrected chi connectivity index (χ3v) is 3.29. The normalized spacial score (nSPS) is 14.5. The van der Waals surface area contributed by atoms with Gasteiger partial charge >= 0.3 is 0 Å². The van der Waals surface area contributed by atoms with E-state index in [2.05, 4.69) is 29.5 Å². The Bertz CT molecular complexity index is 274. The van der Waals surface area contributed by atoms with Crippen LogP contribution in [0.2, 0.25) is 0 Å². The minimum Gasteiger partial charge on any atom is -0.381 e. The second-order valence-electron chi connectivity index (χ2n) is 5.53. The second kappa shape index (κ2) is 15.8. The maximum atomic E-state index is 5.60. The van der Waals surface area contributed by atoms with Crippen LogP contribution in [0.1, 0.15) is 46.0 Å². The molecule has 2 N–H and O–H groups in total. The van der Waals surface area contributed by atoms with Gasteiger partial charge in [0.05, 0.1) is 6.61 Å². The van der Waals surface area contributed by atoms with Gasteiger partial charge in [-0.15, -0.1) is 24.0 Å². The Labute approximate surface area is 153 Å². The number of nitrogens with one attached hydrogen (secondary N) is 2. The van der Waals surface area contributed by atoms with Gasteiger partial charge in [-0.2, -0.15) is 0 Å². The lowest BCUT2D eigenvalue weighted by Gasteiger charge is -2.11. The lowest BCUT2D eigenvalue weighted by atomic mass is 10.4. The summed E-state index contributed by atoms with van der Waals surface area (Å²) in [6.45, 7) is 10.1. The summed E-state index contributed by atoms with van der Waals surface area (Å²) in [5.41, 5.74) is 0. The van der Waals surface area contributed by atoms with E-state index < -0.39 is 0 Å². The van der Waals surface area contributed by atoms with Gasteiger partial charge in [0.2, 0.25) is 0 Å². The van der Waals surface area contributed by atoms with Gasteiger partial charge in [0.15, 0.2) is 5.96 Å². The van der Waals surface area contributed by atoms with E-state index >= 15 is 0 Å². The molecule has 0 radical (unpaired) electrons. The van der Waals surface area contributed by atoms with Crippen molar-refractivity contribution >= 4 is 29.9 Å². The van der Waals surface area contributed by atoms with E-state index in [0.29, 0.717) is 0 Å². The van der Waals surface area contributed by atoms with Crippen LogP contribution in [0.5, 0.6) is 0 Å². The molecule has 1 saturated carbocycles. The van der Waals surface area contributed by atoms with E-state index in [1.165, 1.54) is 19.3 Å². The van der Waals surface area contributed by atoms with Crippen molar-refractivity contribution in [2.24, 2.45) is 10.9 Å². The van der Waals surface area contributed by atoms with Crippen molar-refractivity contribution in [1.29, 1.82) is 0 Å². The molecule has 1 aliphatic carbocycles. The molecule has 0 aromatic heterocycles. The molecular weight excluding hydrogens is 393 g/mol. The van der Waals surface area contributed by atoms with Crippen LogP contribution in [0.4, 0.5) is 0 Å². The molecule has 0 unspecified atom stereocenters. The number of guanidine groups is 1. The van der Waals surface area contributed by atoms with Crippen LogP contribution in [-0.4, -0.2) is 52.0 Å². The quantitative estimate of drug-likeness (QED) is 0.206. The fraction of sp³-hybridized carbons (Fsp3) is 0.938. The molecule has 0 saturated heterocycles. The first kappa shape index (κ1) is 21.9. The second-order valence-corrected chi connectivity index (χ2v) is 5.53. The molecule has 1 fully saturated rings. The fourth-order valence-corrected chi connectivity index (χ4v) is 1.82. The molecule has 0 spiro atoms. The zero-order valence-corrected chi connectivity index (χ0v) is 16.6. The molecule has 0 atom stereocenters. The Morgan fingerprint density at radius 2 is 1.82 bits per heavy atom. The van der Waals surface area contributed by atoms with Crippen molar-refractivity contribution in [3.05, 3.63) is 0 Å². The zero-order valence-electron chi connectivity index (χ0n) is 14.2. The maximum Gasteiger partial charge on any atom is 0.191 e. The van der Waals surface area contributed by atoms with Crippen LogP contribution >= 0.6 is 24.0 Å². The average molecular weight is 427 g/mol. The summed E-state index contributed by atoms with van der Waals surface area (Å²) in [6, 6.07) is 0. The Morgan fingerprint density at radius 1 is 1.05 bits per heavy atom. The summed E-state index contributed by atoms with van der Waals surface area (Å²) in [5, 5.41) is 6.55. The van der Waals surface area contributed by atoms with Crippen LogP contribution in [0.3, 0.4) is 0 Å². The summed E-state index contributed by atoms with van der Waals surface area (Å²) >= 11 is 0. The van der Waals surface area contributed by atoms with Gasteiger partial charge < -0.3 is 20.1 Å². The van der Waals surface area contributed by atoms with Crippen LogP contribution in [-0.2, 0) is 9.47 Å². The molecule has 0 heterocycles. The SMILES string of the molecule is CCCCOCCCN=C(NCC)NCCOCC1CC1.I. The Kier molecular flexibility index (Phi) is 15.7. The molecule has 1 rings (SSSR count). The first-order valence-electron chi connectivity index (χ1n) is 8.54. The predicted molar refractivity (Wildman–Crippen MR) is 103 cm³/mol. The number of nitrogens with zero attached hydrogens (tertiary/aromatic N) is 1. The van der Waals surface area contributed by atoms with Crippen molar-refractivity contribution in [3.8, 4) is 0 Å². The number of halogens is 1. The number of ether oxygens (including phenoxy) is 2. The minimum atomic E-state index is 0. The molecule has 0 bridgehead atoms. The standard InChI is InChI=1S/C16H33N3O2.HI/c1-3-5-11-20-12-6-9-18-16(17-4-2)19-10-13-21-14-15-7-8-15;/h15H,3-14H2,1-2H3,(H2,17,18,19);1H. The molecular formula is C16H34IN3O2. The number of rotatable bonds is 13. The van der Waals surface area contributed by atoms with E-state index in [1.807, 2.05) is 0 Å². The molecule has 22 heavy (non-hydrogen) atoms. The van der Waals surface area contributed by atoms with Crippen LogP contribution in [0.15, 0.2) is 4.99 Å².